The molecule has 0 aliphatic rings. The first kappa shape index (κ1) is 72.0. The normalized spacial score (nSPS) is 11.5. The van der Waals surface area contributed by atoms with Crippen LogP contribution in [0.5, 0.6) is 0 Å². The van der Waals surface area contributed by atoms with E-state index in [9.17, 15) is 0 Å². The summed E-state index contributed by atoms with van der Waals surface area (Å²) in [6.07, 6.45) is 0. The molecule has 24 aromatic rings. The van der Waals surface area contributed by atoms with E-state index in [0.717, 1.165) is 143 Å². The van der Waals surface area contributed by atoms with Crippen LogP contribution in [0.2, 0.25) is 0 Å². The minimum atomic E-state index is 0.489. The van der Waals surface area contributed by atoms with Crippen LogP contribution >= 0.6 is 0 Å². The van der Waals surface area contributed by atoms with Crippen molar-refractivity contribution in [1.29, 1.82) is 0 Å². The summed E-state index contributed by atoms with van der Waals surface area (Å²) in [4.78, 5) is 61.6. The SMILES string of the molecule is c1ccc(-c2ccc(-c3nc(-c4ccccc4)nc(-c4cccc5oc6c(-c7nc(-c8ccccc8)nc(-n8c9ccccc9c9ccccc98)n7)cccc6c45)n3)cc2)cc1.c1ccc(-c2nc(-c3ccccc3)nc(-c3cccc4oc5c(-c6nc(-c7ccccc7)nc(-n7c8ccccc8c8c(-c9ccccc9)cccc87)n6)cccc5c34)n2)cc1. The first-order chi connectivity index (χ1) is 61.5. The summed E-state index contributed by atoms with van der Waals surface area (Å²) in [5.41, 5.74) is 19.7. The molecule has 0 aliphatic carbocycles. The van der Waals surface area contributed by atoms with Gasteiger partial charge < -0.3 is 8.83 Å². The van der Waals surface area contributed by atoms with Gasteiger partial charge in [0.25, 0.3) is 0 Å². The van der Waals surface area contributed by atoms with Crippen LogP contribution in [0.1, 0.15) is 0 Å². The lowest BCUT2D eigenvalue weighted by Gasteiger charge is -2.11. The molecule has 0 saturated heterocycles. The third-order valence-corrected chi connectivity index (χ3v) is 22.7. The van der Waals surface area contributed by atoms with E-state index in [2.05, 4.69) is 161 Å². The maximum absolute atomic E-state index is 6.83. The van der Waals surface area contributed by atoms with Gasteiger partial charge in [-0.25, -0.2) is 39.9 Å². The summed E-state index contributed by atoms with van der Waals surface area (Å²) >= 11 is 0. The molecule has 24 rings (SSSR count). The second-order valence-corrected chi connectivity index (χ2v) is 30.2. The van der Waals surface area contributed by atoms with Crippen LogP contribution < -0.4 is 0 Å². The number of nitrogens with zero attached hydrogens (tertiary/aromatic N) is 14. The van der Waals surface area contributed by atoms with Gasteiger partial charge in [-0.2, -0.15) is 19.9 Å². The lowest BCUT2D eigenvalue weighted by Crippen LogP contribution is -2.06. The van der Waals surface area contributed by atoms with Crippen molar-refractivity contribution >= 4 is 87.5 Å². The molecule has 124 heavy (non-hydrogen) atoms. The van der Waals surface area contributed by atoms with Gasteiger partial charge in [-0.3, -0.25) is 9.13 Å². The molecule has 0 spiro atoms. The molecule has 0 atom stereocenters. The number of rotatable bonds is 14. The molecule has 0 aliphatic heterocycles. The Balaban J connectivity index is 0.000000143. The summed E-state index contributed by atoms with van der Waals surface area (Å²) in [6.45, 7) is 0. The van der Waals surface area contributed by atoms with Crippen molar-refractivity contribution in [2.45, 2.75) is 0 Å². The number of hydrogen-bond acceptors (Lipinski definition) is 14. The highest BCUT2D eigenvalue weighted by molar-refractivity contribution is 6.18. The summed E-state index contributed by atoms with van der Waals surface area (Å²) in [5.74, 6) is 6.55. The number of hydrogen-bond donors (Lipinski definition) is 0. The van der Waals surface area contributed by atoms with Crippen LogP contribution in [0.25, 0.3) is 236 Å². The highest BCUT2D eigenvalue weighted by Gasteiger charge is 2.28. The summed E-state index contributed by atoms with van der Waals surface area (Å²) in [7, 11) is 0. The van der Waals surface area contributed by atoms with Crippen LogP contribution in [-0.2, 0) is 0 Å². The van der Waals surface area contributed by atoms with Crippen LogP contribution in [0, 0.1) is 0 Å². The molecular formula is C108H66N14O2. The van der Waals surface area contributed by atoms with E-state index < -0.39 is 0 Å². The third kappa shape index (κ3) is 12.9. The predicted molar refractivity (Wildman–Crippen MR) is 495 cm³/mol. The van der Waals surface area contributed by atoms with Gasteiger partial charge in [-0.05, 0) is 70.8 Å². The molecule has 16 heteroatoms. The van der Waals surface area contributed by atoms with Gasteiger partial charge in [-0.15, -0.1) is 0 Å². The Morgan fingerprint density at radius 2 is 0.403 bits per heavy atom. The molecule has 0 unspecified atom stereocenters. The lowest BCUT2D eigenvalue weighted by atomic mass is 9.99. The first-order valence-corrected chi connectivity index (χ1v) is 40.9. The van der Waals surface area contributed by atoms with Crippen molar-refractivity contribution in [2.24, 2.45) is 0 Å². The van der Waals surface area contributed by atoms with Gasteiger partial charge >= 0.3 is 0 Å². The average molecular weight is 1590 g/mol. The fourth-order valence-corrected chi connectivity index (χ4v) is 17.0. The topological polar surface area (TPSA) is 191 Å². The number of aromatic nitrogens is 14. The number of fused-ring (bicyclic) bond motifs is 12. The van der Waals surface area contributed by atoms with E-state index in [1.807, 2.05) is 249 Å². The standard InChI is InChI=1S/2C54H33N7O/c1-5-18-34(19-6-1)38-27-16-32-44-46(38)39-26-13-14-31-43(39)61(44)54-59-51(37-24-11-4-12-25-37)58-53(60-54)42-30-15-28-40-47-41(29-17-33-45(47)62-48(40)42)52-56-49(35-20-7-2-8-21-35)55-50(57-52)36-22-9-3-10-23-36;1-4-16-34(17-5-1)35-30-32-38(33-31-35)50-55-49(36-18-6-2-7-19-36)56-52(57-50)42-25-15-29-46-47(42)41-24-14-26-43(48(41)62-46)53-58-51(37-20-8-3-9-21-37)59-54(60-53)61-44-27-12-10-22-39(44)40-23-11-13-28-45(40)61/h2*1-33H. The quantitative estimate of drug-likeness (QED) is 0.0999. The van der Waals surface area contributed by atoms with E-state index >= 15 is 0 Å². The molecule has 0 amide bonds. The van der Waals surface area contributed by atoms with Crippen molar-refractivity contribution in [1.82, 2.24) is 68.9 Å². The molecule has 0 saturated carbocycles. The van der Waals surface area contributed by atoms with Crippen LogP contribution in [0.4, 0.5) is 0 Å². The van der Waals surface area contributed by atoms with E-state index in [1.165, 1.54) is 0 Å². The summed E-state index contributed by atoms with van der Waals surface area (Å²) in [5, 5.41) is 8.06. The minimum Gasteiger partial charge on any atom is -0.455 e. The second kappa shape index (κ2) is 30.6. The maximum atomic E-state index is 6.83. The third-order valence-electron chi connectivity index (χ3n) is 22.7. The lowest BCUT2D eigenvalue weighted by molar-refractivity contribution is 0.669. The van der Waals surface area contributed by atoms with Gasteiger partial charge in [0.05, 0.1) is 33.2 Å². The average Bonchev–Trinajstić information content (AvgIpc) is 1.58. The number of furan rings is 2. The van der Waals surface area contributed by atoms with Gasteiger partial charge in [0.2, 0.25) is 11.9 Å². The zero-order chi connectivity index (χ0) is 82.0. The van der Waals surface area contributed by atoms with E-state index in [-0.39, 0.29) is 0 Å². The number of benzene rings is 16. The van der Waals surface area contributed by atoms with E-state index in [4.69, 9.17) is 68.6 Å². The Kier molecular flexibility index (Phi) is 17.8. The predicted octanol–water partition coefficient (Wildman–Crippen LogP) is 26.1. The molecule has 0 N–H and O–H groups in total. The molecule has 16 nitrogen and oxygen atoms in total. The molecule has 0 fully saturated rings. The highest BCUT2D eigenvalue weighted by atomic mass is 16.3. The van der Waals surface area contributed by atoms with Crippen molar-refractivity contribution in [3.63, 3.8) is 0 Å². The van der Waals surface area contributed by atoms with Gasteiger partial charge in [0.1, 0.15) is 22.3 Å². The first-order valence-electron chi connectivity index (χ1n) is 40.9. The van der Waals surface area contributed by atoms with E-state index in [0.29, 0.717) is 92.5 Å². The smallest absolute Gasteiger partial charge is 0.238 e. The second-order valence-electron chi connectivity index (χ2n) is 30.2. The molecule has 580 valence electrons. The maximum Gasteiger partial charge on any atom is 0.238 e. The van der Waals surface area contributed by atoms with Crippen LogP contribution in [0.3, 0.4) is 0 Å². The Bertz CT molecular complexity index is 8100. The number of para-hydroxylation sites is 5. The molecule has 8 aromatic heterocycles. The zero-order valence-corrected chi connectivity index (χ0v) is 66.2. The Morgan fingerprint density at radius 1 is 0.153 bits per heavy atom. The molecule has 0 radical (unpaired) electrons. The minimum absolute atomic E-state index is 0.489. The van der Waals surface area contributed by atoms with E-state index in [1.54, 1.807) is 0 Å². The monoisotopic (exact) mass is 1590 g/mol. The Labute approximate surface area is 709 Å². The highest BCUT2D eigenvalue weighted by Crippen LogP contribution is 2.45. The van der Waals surface area contributed by atoms with Crippen molar-refractivity contribution < 1.29 is 8.83 Å². The van der Waals surface area contributed by atoms with Gasteiger partial charge in [0.15, 0.2) is 58.2 Å². The fourth-order valence-electron chi connectivity index (χ4n) is 17.0. The zero-order valence-electron chi connectivity index (χ0n) is 66.2. The summed E-state index contributed by atoms with van der Waals surface area (Å²) < 4.78 is 17.9. The molecule has 0 bridgehead atoms. The van der Waals surface area contributed by atoms with Crippen LogP contribution in [-0.4, -0.2) is 68.9 Å². The molecular weight excluding hydrogens is 1530 g/mol. The van der Waals surface area contributed by atoms with Crippen molar-refractivity contribution in [3.8, 4) is 148 Å². The molecule has 8 heterocycles. The van der Waals surface area contributed by atoms with Crippen molar-refractivity contribution in [3.05, 3.63) is 400 Å². The van der Waals surface area contributed by atoms with Crippen molar-refractivity contribution in [2.75, 3.05) is 0 Å². The Hall–Kier alpha value is -17.2. The molecule has 16 aromatic carbocycles. The van der Waals surface area contributed by atoms with Gasteiger partial charge in [-0.1, -0.05) is 352 Å². The van der Waals surface area contributed by atoms with Gasteiger partial charge in [0, 0.05) is 87.6 Å². The van der Waals surface area contributed by atoms with Crippen LogP contribution in [0.15, 0.2) is 409 Å². The summed E-state index contributed by atoms with van der Waals surface area (Å²) in [6, 6.07) is 135. The fraction of sp³-hybridized carbons (Fsp3) is 0. The largest absolute Gasteiger partial charge is 0.455 e. The Morgan fingerprint density at radius 3 is 0.815 bits per heavy atom.